The average Bonchev–Trinajstić information content (AvgIpc) is 2.68. The Morgan fingerprint density at radius 3 is 2.44 bits per heavy atom. The van der Waals surface area contributed by atoms with Crippen LogP contribution in [-0.4, -0.2) is 62.3 Å². The number of hydrogen-bond donors (Lipinski definition) is 3. The number of urea groups is 1. The fourth-order valence-electron chi connectivity index (χ4n) is 3.13. The van der Waals surface area contributed by atoms with Crippen molar-refractivity contribution in [2.24, 2.45) is 5.92 Å². The molecule has 1 aromatic rings. The number of amides is 3. The first kappa shape index (κ1) is 21.2. The van der Waals surface area contributed by atoms with Crippen molar-refractivity contribution in [3.63, 3.8) is 0 Å². The molecular weight excluding hydrogens is 344 g/mol. The van der Waals surface area contributed by atoms with E-state index in [9.17, 15) is 9.59 Å². The van der Waals surface area contributed by atoms with E-state index in [1.165, 1.54) is 0 Å². The lowest BCUT2D eigenvalue weighted by Gasteiger charge is -2.36. The van der Waals surface area contributed by atoms with E-state index in [1.807, 2.05) is 30.3 Å². The Morgan fingerprint density at radius 2 is 1.78 bits per heavy atom. The van der Waals surface area contributed by atoms with Gasteiger partial charge in [0.05, 0.1) is 13.2 Å². The van der Waals surface area contributed by atoms with Crippen molar-refractivity contribution in [1.82, 2.24) is 20.9 Å². The second kappa shape index (κ2) is 11.6. The second-order valence-corrected chi connectivity index (χ2v) is 7.11. The van der Waals surface area contributed by atoms with Gasteiger partial charge in [0.2, 0.25) is 5.91 Å². The zero-order valence-corrected chi connectivity index (χ0v) is 16.4. The van der Waals surface area contributed by atoms with E-state index in [0.717, 1.165) is 31.9 Å². The quantitative estimate of drug-likeness (QED) is 0.608. The molecule has 0 aromatic heterocycles. The number of ether oxygens (including phenoxy) is 1. The Hall–Kier alpha value is -2.12. The van der Waals surface area contributed by atoms with Crippen LogP contribution in [0.1, 0.15) is 25.8 Å². The minimum atomic E-state index is -0.232. The van der Waals surface area contributed by atoms with Crippen molar-refractivity contribution in [3.8, 4) is 0 Å². The van der Waals surface area contributed by atoms with Gasteiger partial charge in [0, 0.05) is 45.2 Å². The third-order valence-electron chi connectivity index (χ3n) is 4.73. The van der Waals surface area contributed by atoms with Crippen LogP contribution in [0.15, 0.2) is 30.3 Å². The fourth-order valence-corrected chi connectivity index (χ4v) is 3.13. The third-order valence-corrected chi connectivity index (χ3v) is 4.73. The molecular formula is C20H32N4O3. The first-order valence-electron chi connectivity index (χ1n) is 9.70. The van der Waals surface area contributed by atoms with Crippen molar-refractivity contribution < 1.29 is 14.3 Å². The number of carbonyl (C=O) groups is 2. The highest BCUT2D eigenvalue weighted by molar-refractivity contribution is 5.78. The summed E-state index contributed by atoms with van der Waals surface area (Å²) in [6.07, 6.45) is 0.261. The molecule has 0 bridgehead atoms. The number of rotatable bonds is 9. The first-order chi connectivity index (χ1) is 13.1. The summed E-state index contributed by atoms with van der Waals surface area (Å²) in [6, 6.07) is 9.80. The molecule has 0 saturated carbocycles. The van der Waals surface area contributed by atoms with Crippen molar-refractivity contribution >= 4 is 11.9 Å². The number of morpholine rings is 1. The molecule has 7 heteroatoms. The zero-order valence-electron chi connectivity index (χ0n) is 16.4. The minimum Gasteiger partial charge on any atom is -0.379 e. The van der Waals surface area contributed by atoms with E-state index in [0.29, 0.717) is 25.6 Å². The van der Waals surface area contributed by atoms with Gasteiger partial charge in [0.1, 0.15) is 0 Å². The second-order valence-electron chi connectivity index (χ2n) is 7.11. The molecule has 1 unspecified atom stereocenters. The molecule has 1 atom stereocenters. The molecule has 1 fully saturated rings. The van der Waals surface area contributed by atoms with Crippen LogP contribution >= 0.6 is 0 Å². The monoisotopic (exact) mass is 376 g/mol. The summed E-state index contributed by atoms with van der Waals surface area (Å²) in [5.41, 5.74) is 1.05. The lowest BCUT2D eigenvalue weighted by atomic mass is 10.0. The van der Waals surface area contributed by atoms with Crippen LogP contribution in [0.5, 0.6) is 0 Å². The summed E-state index contributed by atoms with van der Waals surface area (Å²) in [7, 11) is 0. The molecule has 1 aliphatic rings. The predicted octanol–water partition coefficient (Wildman–Crippen LogP) is 1.35. The summed E-state index contributed by atoms with van der Waals surface area (Å²) in [6.45, 7) is 9.01. The van der Waals surface area contributed by atoms with Gasteiger partial charge in [-0.25, -0.2) is 4.79 Å². The van der Waals surface area contributed by atoms with Crippen molar-refractivity contribution in [1.29, 1.82) is 0 Å². The van der Waals surface area contributed by atoms with E-state index in [1.54, 1.807) is 0 Å². The van der Waals surface area contributed by atoms with Gasteiger partial charge < -0.3 is 20.7 Å². The molecule has 0 radical (unpaired) electrons. The maximum absolute atomic E-state index is 12.0. The van der Waals surface area contributed by atoms with Gasteiger partial charge in [-0.05, 0) is 11.5 Å². The minimum absolute atomic E-state index is 0.0764. The average molecular weight is 377 g/mol. The largest absolute Gasteiger partial charge is 0.379 e. The summed E-state index contributed by atoms with van der Waals surface area (Å²) >= 11 is 0. The van der Waals surface area contributed by atoms with Gasteiger partial charge in [-0.3, -0.25) is 9.69 Å². The van der Waals surface area contributed by atoms with Crippen LogP contribution < -0.4 is 16.0 Å². The number of benzene rings is 1. The molecule has 1 aliphatic heterocycles. The topological polar surface area (TPSA) is 82.7 Å². The van der Waals surface area contributed by atoms with Crippen LogP contribution in [0.25, 0.3) is 0 Å². The summed E-state index contributed by atoms with van der Waals surface area (Å²) in [4.78, 5) is 26.2. The van der Waals surface area contributed by atoms with E-state index in [-0.39, 0.29) is 24.4 Å². The number of carbonyl (C=O) groups excluding carboxylic acids is 2. The molecule has 3 amide bonds. The highest BCUT2D eigenvalue weighted by Crippen LogP contribution is 2.12. The smallest absolute Gasteiger partial charge is 0.314 e. The zero-order chi connectivity index (χ0) is 19.5. The van der Waals surface area contributed by atoms with Crippen LogP contribution in [0.3, 0.4) is 0 Å². The highest BCUT2D eigenvalue weighted by Gasteiger charge is 2.24. The molecule has 1 aromatic carbocycles. The maximum atomic E-state index is 12.0. The highest BCUT2D eigenvalue weighted by atomic mass is 16.5. The predicted molar refractivity (Wildman–Crippen MR) is 105 cm³/mol. The normalized spacial score (nSPS) is 16.0. The molecule has 27 heavy (non-hydrogen) atoms. The van der Waals surface area contributed by atoms with Gasteiger partial charge >= 0.3 is 6.03 Å². The Bertz CT molecular complexity index is 574. The van der Waals surface area contributed by atoms with E-state index < -0.39 is 0 Å². The molecule has 3 N–H and O–H groups in total. The van der Waals surface area contributed by atoms with E-state index in [2.05, 4.69) is 34.7 Å². The molecule has 0 spiro atoms. The summed E-state index contributed by atoms with van der Waals surface area (Å²) < 4.78 is 5.40. The van der Waals surface area contributed by atoms with Gasteiger partial charge in [-0.15, -0.1) is 0 Å². The van der Waals surface area contributed by atoms with Crippen LogP contribution in [0, 0.1) is 5.92 Å². The Kier molecular flexibility index (Phi) is 9.07. The summed E-state index contributed by atoms with van der Waals surface area (Å²) in [5.74, 6) is 0.361. The first-order valence-corrected chi connectivity index (χ1v) is 9.70. The third kappa shape index (κ3) is 7.97. The Morgan fingerprint density at radius 1 is 1.07 bits per heavy atom. The van der Waals surface area contributed by atoms with Gasteiger partial charge in [0.25, 0.3) is 0 Å². The molecule has 1 saturated heterocycles. The molecule has 7 nitrogen and oxygen atoms in total. The number of nitrogens with one attached hydrogen (secondary N) is 3. The van der Waals surface area contributed by atoms with Gasteiger partial charge in [-0.1, -0.05) is 44.2 Å². The Balaban J connectivity index is 1.61. The number of nitrogens with zero attached hydrogens (tertiary/aromatic N) is 1. The molecule has 150 valence electrons. The van der Waals surface area contributed by atoms with Crippen LogP contribution in [-0.2, 0) is 16.1 Å². The Labute approximate surface area is 161 Å². The molecule has 0 aliphatic carbocycles. The van der Waals surface area contributed by atoms with Crippen LogP contribution in [0.2, 0.25) is 0 Å². The van der Waals surface area contributed by atoms with Crippen LogP contribution in [0.4, 0.5) is 4.79 Å². The fraction of sp³-hybridized carbons (Fsp3) is 0.600. The molecule has 2 rings (SSSR count). The SMILES string of the molecule is CC(C)C(CNC(=O)NCCC(=O)NCc1ccccc1)N1CCOCC1. The number of hydrogen-bond acceptors (Lipinski definition) is 4. The lowest BCUT2D eigenvalue weighted by molar-refractivity contribution is -0.121. The lowest BCUT2D eigenvalue weighted by Crippen LogP contribution is -2.52. The maximum Gasteiger partial charge on any atom is 0.314 e. The summed E-state index contributed by atoms with van der Waals surface area (Å²) in [5, 5.41) is 8.54. The van der Waals surface area contributed by atoms with E-state index in [4.69, 9.17) is 4.74 Å². The van der Waals surface area contributed by atoms with E-state index >= 15 is 0 Å². The standard InChI is InChI=1S/C20H32N4O3/c1-16(2)18(24-10-12-27-13-11-24)15-23-20(26)21-9-8-19(25)22-14-17-6-4-3-5-7-17/h3-7,16,18H,8-15H2,1-2H3,(H,22,25)(H2,21,23,26). The molecule has 1 heterocycles. The van der Waals surface area contributed by atoms with Crippen molar-refractivity contribution in [2.45, 2.75) is 32.9 Å². The van der Waals surface area contributed by atoms with Crippen molar-refractivity contribution in [2.75, 3.05) is 39.4 Å². The van der Waals surface area contributed by atoms with Gasteiger partial charge in [-0.2, -0.15) is 0 Å². The van der Waals surface area contributed by atoms with Crippen molar-refractivity contribution in [3.05, 3.63) is 35.9 Å². The van der Waals surface area contributed by atoms with Gasteiger partial charge in [0.15, 0.2) is 0 Å².